The number of rotatable bonds is 5. The van der Waals surface area contributed by atoms with Gasteiger partial charge < -0.3 is 14.6 Å². The molecule has 1 N–H and O–H groups in total. The van der Waals surface area contributed by atoms with Crippen molar-refractivity contribution in [2.45, 2.75) is 32.2 Å². The van der Waals surface area contributed by atoms with Crippen molar-refractivity contribution in [3.05, 3.63) is 29.3 Å². The molecule has 1 heterocycles. The van der Waals surface area contributed by atoms with Crippen LogP contribution in [0.2, 0.25) is 5.02 Å². The summed E-state index contributed by atoms with van der Waals surface area (Å²) in [5, 5.41) is 10.6. The van der Waals surface area contributed by atoms with Gasteiger partial charge in [-0.3, -0.25) is 4.90 Å². The first-order valence-corrected chi connectivity index (χ1v) is 7.35. The second kappa shape index (κ2) is 7.27. The van der Waals surface area contributed by atoms with Crippen molar-refractivity contribution >= 4 is 11.6 Å². The average Bonchev–Trinajstić information content (AvgIpc) is 2.36. The molecule has 1 aliphatic heterocycles. The molecule has 0 bridgehead atoms. The normalized spacial score (nSPS) is 25.4. The highest BCUT2D eigenvalue weighted by molar-refractivity contribution is 6.32. The van der Waals surface area contributed by atoms with Gasteiger partial charge in [-0.05, 0) is 26.0 Å². The van der Waals surface area contributed by atoms with Gasteiger partial charge >= 0.3 is 0 Å². The van der Waals surface area contributed by atoms with Crippen LogP contribution in [-0.4, -0.2) is 54.6 Å². The smallest absolute Gasteiger partial charge is 0.138 e. The minimum Gasteiger partial charge on any atom is -0.489 e. The molecule has 0 unspecified atom stereocenters. The second-order valence-electron chi connectivity index (χ2n) is 5.37. The molecule has 20 heavy (non-hydrogen) atoms. The molecule has 0 aliphatic carbocycles. The van der Waals surface area contributed by atoms with E-state index in [0.29, 0.717) is 17.3 Å². The fraction of sp³-hybridized carbons (Fsp3) is 0.600. The predicted molar refractivity (Wildman–Crippen MR) is 79.4 cm³/mol. The van der Waals surface area contributed by atoms with Crippen molar-refractivity contribution in [1.82, 2.24) is 4.90 Å². The van der Waals surface area contributed by atoms with Gasteiger partial charge in [0.2, 0.25) is 0 Å². The Morgan fingerprint density at radius 2 is 2.00 bits per heavy atom. The molecule has 0 saturated carbocycles. The first-order chi connectivity index (χ1) is 9.54. The Balaban J connectivity index is 1.78. The summed E-state index contributed by atoms with van der Waals surface area (Å²) in [7, 11) is 0. The van der Waals surface area contributed by atoms with E-state index in [0.717, 1.165) is 13.1 Å². The number of halogens is 1. The van der Waals surface area contributed by atoms with Crippen molar-refractivity contribution in [3.8, 4) is 5.75 Å². The van der Waals surface area contributed by atoms with Gasteiger partial charge in [-0.15, -0.1) is 0 Å². The van der Waals surface area contributed by atoms with E-state index in [1.807, 2.05) is 12.1 Å². The fourth-order valence-corrected chi connectivity index (χ4v) is 2.72. The van der Waals surface area contributed by atoms with Crippen LogP contribution in [0.1, 0.15) is 13.8 Å². The van der Waals surface area contributed by atoms with Crippen LogP contribution >= 0.6 is 11.6 Å². The summed E-state index contributed by atoms with van der Waals surface area (Å²) < 4.78 is 11.2. The molecule has 0 aromatic heterocycles. The molecule has 0 amide bonds. The van der Waals surface area contributed by atoms with Gasteiger partial charge in [0.15, 0.2) is 0 Å². The summed E-state index contributed by atoms with van der Waals surface area (Å²) in [5.74, 6) is 0.608. The molecule has 112 valence electrons. The topological polar surface area (TPSA) is 41.9 Å². The maximum absolute atomic E-state index is 10.1. The molecular weight excluding hydrogens is 278 g/mol. The predicted octanol–water partition coefficient (Wildman–Crippen LogP) is 2.19. The summed E-state index contributed by atoms with van der Waals surface area (Å²) >= 11 is 6.00. The third kappa shape index (κ3) is 4.63. The van der Waals surface area contributed by atoms with Gasteiger partial charge in [0.25, 0.3) is 0 Å². The van der Waals surface area contributed by atoms with Gasteiger partial charge in [-0.1, -0.05) is 23.7 Å². The lowest BCUT2D eigenvalue weighted by atomic mass is 10.2. The molecule has 1 aromatic rings. The van der Waals surface area contributed by atoms with Crippen LogP contribution in [0.15, 0.2) is 24.3 Å². The first kappa shape index (κ1) is 15.6. The van der Waals surface area contributed by atoms with Crippen LogP contribution in [-0.2, 0) is 4.74 Å². The number of benzene rings is 1. The van der Waals surface area contributed by atoms with E-state index in [1.165, 1.54) is 0 Å². The number of ether oxygens (including phenoxy) is 2. The molecule has 1 aromatic carbocycles. The molecule has 0 spiro atoms. The highest BCUT2D eigenvalue weighted by Gasteiger charge is 2.23. The molecule has 0 radical (unpaired) electrons. The largest absolute Gasteiger partial charge is 0.489 e. The van der Waals surface area contributed by atoms with Gasteiger partial charge in [-0.25, -0.2) is 0 Å². The number of aliphatic hydroxyl groups is 1. The lowest BCUT2D eigenvalue weighted by Gasteiger charge is -2.36. The Morgan fingerprint density at radius 1 is 1.35 bits per heavy atom. The van der Waals surface area contributed by atoms with Crippen LogP contribution < -0.4 is 4.74 Å². The number of β-amino-alcohol motifs (C(OH)–C–C–N with tert-alkyl or cyclic N) is 1. The first-order valence-electron chi connectivity index (χ1n) is 6.98. The lowest BCUT2D eigenvalue weighted by Crippen LogP contribution is -2.48. The van der Waals surface area contributed by atoms with Gasteiger partial charge in [0.1, 0.15) is 18.5 Å². The molecule has 5 heteroatoms. The van der Waals surface area contributed by atoms with E-state index >= 15 is 0 Å². The molecule has 4 nitrogen and oxygen atoms in total. The SMILES string of the molecule is C[C@@H]1CN(C[C@@H](O)COc2ccccc2Cl)C[C@@H](C)O1. The Kier molecular flexibility index (Phi) is 5.66. The zero-order chi connectivity index (χ0) is 14.5. The molecule has 3 atom stereocenters. The highest BCUT2D eigenvalue weighted by atomic mass is 35.5. The summed E-state index contributed by atoms with van der Waals surface area (Å²) in [5.41, 5.74) is 0. The number of aliphatic hydroxyl groups excluding tert-OH is 1. The minimum absolute atomic E-state index is 0.204. The monoisotopic (exact) mass is 299 g/mol. The van der Waals surface area contributed by atoms with E-state index < -0.39 is 6.10 Å². The van der Waals surface area contributed by atoms with E-state index in [-0.39, 0.29) is 18.8 Å². The molecule has 1 fully saturated rings. The van der Waals surface area contributed by atoms with Crippen molar-refractivity contribution < 1.29 is 14.6 Å². The maximum atomic E-state index is 10.1. The molecule has 1 saturated heterocycles. The number of hydrogen-bond donors (Lipinski definition) is 1. The van der Waals surface area contributed by atoms with Crippen LogP contribution in [0.5, 0.6) is 5.75 Å². The van der Waals surface area contributed by atoms with Crippen LogP contribution in [0.4, 0.5) is 0 Å². The standard InChI is InChI=1S/C15H22ClNO3/c1-11-7-17(8-12(2)20-11)9-13(18)10-19-15-6-4-3-5-14(15)16/h3-6,11-13,18H,7-10H2,1-2H3/t11-,12-,13-/m1/s1. The number of para-hydroxylation sites is 1. The van der Waals surface area contributed by atoms with E-state index in [4.69, 9.17) is 21.1 Å². The number of hydrogen-bond acceptors (Lipinski definition) is 4. The zero-order valence-electron chi connectivity index (χ0n) is 12.0. The van der Waals surface area contributed by atoms with Gasteiger partial charge in [0, 0.05) is 19.6 Å². The molecule has 1 aliphatic rings. The Morgan fingerprint density at radius 3 is 2.65 bits per heavy atom. The lowest BCUT2D eigenvalue weighted by molar-refractivity contribution is -0.0786. The van der Waals surface area contributed by atoms with Crippen molar-refractivity contribution in [1.29, 1.82) is 0 Å². The van der Waals surface area contributed by atoms with Crippen molar-refractivity contribution in [3.63, 3.8) is 0 Å². The number of nitrogens with zero attached hydrogens (tertiary/aromatic N) is 1. The van der Waals surface area contributed by atoms with Crippen molar-refractivity contribution in [2.75, 3.05) is 26.2 Å². The van der Waals surface area contributed by atoms with Crippen molar-refractivity contribution in [2.24, 2.45) is 0 Å². The Bertz CT molecular complexity index is 419. The fourth-order valence-electron chi connectivity index (χ4n) is 2.53. The summed E-state index contributed by atoms with van der Waals surface area (Å²) in [6.45, 7) is 6.61. The summed E-state index contributed by atoms with van der Waals surface area (Å²) in [4.78, 5) is 2.21. The minimum atomic E-state index is -0.538. The Hall–Kier alpha value is -0.810. The van der Waals surface area contributed by atoms with E-state index in [2.05, 4.69) is 18.7 Å². The summed E-state index contributed by atoms with van der Waals surface area (Å²) in [6, 6.07) is 7.28. The molecular formula is C15H22ClNO3. The second-order valence-corrected chi connectivity index (χ2v) is 5.78. The average molecular weight is 300 g/mol. The maximum Gasteiger partial charge on any atom is 0.138 e. The van der Waals surface area contributed by atoms with Crippen LogP contribution in [0.3, 0.4) is 0 Å². The van der Waals surface area contributed by atoms with Gasteiger partial charge in [-0.2, -0.15) is 0 Å². The van der Waals surface area contributed by atoms with Gasteiger partial charge in [0.05, 0.1) is 17.2 Å². The quantitative estimate of drug-likeness (QED) is 0.905. The Labute approximate surface area is 125 Å². The van der Waals surface area contributed by atoms with Crippen LogP contribution in [0, 0.1) is 0 Å². The van der Waals surface area contributed by atoms with Crippen LogP contribution in [0.25, 0.3) is 0 Å². The number of morpholine rings is 1. The third-order valence-corrected chi connectivity index (χ3v) is 3.54. The zero-order valence-corrected chi connectivity index (χ0v) is 12.7. The van der Waals surface area contributed by atoms with E-state index in [1.54, 1.807) is 12.1 Å². The molecule has 2 rings (SSSR count). The third-order valence-electron chi connectivity index (χ3n) is 3.23. The summed E-state index contributed by atoms with van der Waals surface area (Å²) in [6.07, 6.45) is -0.130. The highest BCUT2D eigenvalue weighted by Crippen LogP contribution is 2.23. The van der Waals surface area contributed by atoms with E-state index in [9.17, 15) is 5.11 Å².